The van der Waals surface area contributed by atoms with E-state index in [4.69, 9.17) is 10.2 Å². The molecule has 0 unspecified atom stereocenters. The zero-order valence-electron chi connectivity index (χ0n) is 10.0. The molecule has 0 bridgehead atoms. The summed E-state index contributed by atoms with van der Waals surface area (Å²) in [4.78, 5) is 4.42. The number of imidazole rings is 1. The summed E-state index contributed by atoms with van der Waals surface area (Å²) in [6.07, 6.45) is 6.60. The van der Waals surface area contributed by atoms with Crippen LogP contribution in [0, 0.1) is 0 Å². The van der Waals surface area contributed by atoms with Crippen LogP contribution in [0.15, 0.2) is 47.5 Å². The first-order valence-corrected chi connectivity index (χ1v) is 6.07. The second-order valence-corrected chi connectivity index (χ2v) is 4.28. The van der Waals surface area contributed by atoms with Crippen LogP contribution in [-0.4, -0.2) is 16.1 Å². The molecule has 0 aliphatic rings. The summed E-state index contributed by atoms with van der Waals surface area (Å²) in [5.74, 6) is 0. The monoisotopic (exact) mass is 241 g/mol. The number of para-hydroxylation sites is 1. The number of fused-ring (bicyclic) bond motifs is 1. The van der Waals surface area contributed by atoms with Crippen molar-refractivity contribution in [1.29, 1.82) is 0 Å². The standard InChI is InChI=1S/C14H15N3O/c15-6-3-7-17-8-13(16-10-17)12-9-18-14-5-2-1-4-11(12)14/h1-2,4-5,8-10H,3,6-7,15H2. The summed E-state index contributed by atoms with van der Waals surface area (Å²) in [5, 5.41) is 1.10. The Labute approximate surface area is 105 Å². The lowest BCUT2D eigenvalue weighted by molar-refractivity contribution is 0.617. The molecule has 2 N–H and O–H groups in total. The third kappa shape index (κ3) is 1.91. The van der Waals surface area contributed by atoms with Gasteiger partial charge in [0.1, 0.15) is 11.8 Å². The number of nitrogens with zero attached hydrogens (tertiary/aromatic N) is 2. The van der Waals surface area contributed by atoms with Gasteiger partial charge in [-0.25, -0.2) is 4.98 Å². The van der Waals surface area contributed by atoms with Crippen molar-refractivity contribution in [3.8, 4) is 11.3 Å². The summed E-state index contributed by atoms with van der Waals surface area (Å²) < 4.78 is 7.58. The molecule has 92 valence electrons. The Kier molecular flexibility index (Phi) is 2.86. The normalized spacial score (nSPS) is 11.2. The van der Waals surface area contributed by atoms with Crippen LogP contribution in [0.25, 0.3) is 22.2 Å². The van der Waals surface area contributed by atoms with Crippen LogP contribution in [0.1, 0.15) is 6.42 Å². The minimum atomic E-state index is 0.697. The van der Waals surface area contributed by atoms with Crippen LogP contribution in [0.5, 0.6) is 0 Å². The van der Waals surface area contributed by atoms with Gasteiger partial charge >= 0.3 is 0 Å². The van der Waals surface area contributed by atoms with E-state index in [1.165, 1.54) is 0 Å². The van der Waals surface area contributed by atoms with Crippen molar-refractivity contribution in [2.45, 2.75) is 13.0 Å². The molecule has 1 aromatic carbocycles. The Bertz CT molecular complexity index is 654. The van der Waals surface area contributed by atoms with Gasteiger partial charge < -0.3 is 14.7 Å². The lowest BCUT2D eigenvalue weighted by Gasteiger charge is -1.97. The van der Waals surface area contributed by atoms with Crippen LogP contribution < -0.4 is 5.73 Å². The predicted octanol–water partition coefficient (Wildman–Crippen LogP) is 2.65. The van der Waals surface area contributed by atoms with E-state index >= 15 is 0 Å². The van der Waals surface area contributed by atoms with Gasteiger partial charge in [-0.05, 0) is 19.0 Å². The number of aryl methyl sites for hydroxylation is 1. The third-order valence-electron chi connectivity index (χ3n) is 3.01. The average Bonchev–Trinajstić information content (AvgIpc) is 3.02. The number of nitrogens with two attached hydrogens (primary N) is 1. The first-order chi connectivity index (χ1) is 8.88. The summed E-state index contributed by atoms with van der Waals surface area (Å²) >= 11 is 0. The fourth-order valence-electron chi connectivity index (χ4n) is 2.07. The van der Waals surface area contributed by atoms with Gasteiger partial charge in [0.2, 0.25) is 0 Å². The maximum absolute atomic E-state index is 5.52. The van der Waals surface area contributed by atoms with Gasteiger partial charge in [-0.15, -0.1) is 0 Å². The van der Waals surface area contributed by atoms with E-state index in [1.807, 2.05) is 36.8 Å². The van der Waals surface area contributed by atoms with E-state index < -0.39 is 0 Å². The van der Waals surface area contributed by atoms with E-state index in [2.05, 4.69) is 9.55 Å². The third-order valence-corrected chi connectivity index (χ3v) is 3.01. The Balaban J connectivity index is 1.96. The molecule has 0 aliphatic carbocycles. The Hall–Kier alpha value is -2.07. The van der Waals surface area contributed by atoms with Crippen LogP contribution >= 0.6 is 0 Å². The van der Waals surface area contributed by atoms with Gasteiger partial charge in [0.25, 0.3) is 0 Å². The van der Waals surface area contributed by atoms with Gasteiger partial charge in [0.05, 0.1) is 12.0 Å². The van der Waals surface area contributed by atoms with Crippen molar-refractivity contribution in [3.05, 3.63) is 43.1 Å². The summed E-state index contributed by atoms with van der Waals surface area (Å²) in [6.45, 7) is 1.60. The lowest BCUT2D eigenvalue weighted by Crippen LogP contribution is -2.03. The van der Waals surface area contributed by atoms with Gasteiger partial charge in [-0.2, -0.15) is 0 Å². The summed E-state index contributed by atoms with van der Waals surface area (Å²) in [7, 11) is 0. The molecule has 0 atom stereocenters. The number of aromatic nitrogens is 2. The van der Waals surface area contributed by atoms with Crippen molar-refractivity contribution in [1.82, 2.24) is 9.55 Å². The van der Waals surface area contributed by atoms with Crippen LogP contribution in [0.4, 0.5) is 0 Å². The number of furan rings is 1. The molecule has 18 heavy (non-hydrogen) atoms. The van der Waals surface area contributed by atoms with Crippen LogP contribution in [0.3, 0.4) is 0 Å². The zero-order valence-corrected chi connectivity index (χ0v) is 10.0. The molecule has 0 fully saturated rings. The smallest absolute Gasteiger partial charge is 0.134 e. The first-order valence-electron chi connectivity index (χ1n) is 6.07. The molecule has 3 aromatic rings. The molecule has 3 rings (SSSR count). The summed E-state index contributed by atoms with van der Waals surface area (Å²) in [5.41, 5.74) is 8.38. The first kappa shape index (κ1) is 11.0. The predicted molar refractivity (Wildman–Crippen MR) is 71.1 cm³/mol. The lowest BCUT2D eigenvalue weighted by atomic mass is 10.1. The molecule has 0 spiro atoms. The summed E-state index contributed by atoms with van der Waals surface area (Å²) in [6, 6.07) is 7.99. The van der Waals surface area contributed by atoms with E-state index in [1.54, 1.807) is 6.26 Å². The highest BCUT2D eigenvalue weighted by molar-refractivity contribution is 5.92. The Morgan fingerprint density at radius 2 is 2.17 bits per heavy atom. The molecule has 0 radical (unpaired) electrons. The van der Waals surface area contributed by atoms with E-state index in [9.17, 15) is 0 Å². The quantitative estimate of drug-likeness (QED) is 0.764. The average molecular weight is 241 g/mol. The Morgan fingerprint density at radius 1 is 1.28 bits per heavy atom. The maximum atomic E-state index is 5.52. The minimum absolute atomic E-state index is 0.697. The van der Waals surface area contributed by atoms with Gasteiger partial charge in [-0.1, -0.05) is 18.2 Å². The molecule has 4 nitrogen and oxygen atoms in total. The molecule has 2 heterocycles. The Morgan fingerprint density at radius 3 is 3.06 bits per heavy atom. The number of hydrogen-bond donors (Lipinski definition) is 1. The van der Waals surface area contributed by atoms with Crippen LogP contribution in [0.2, 0.25) is 0 Å². The molecule has 0 saturated heterocycles. The van der Waals surface area contributed by atoms with Crippen molar-refractivity contribution in [2.24, 2.45) is 5.73 Å². The van der Waals surface area contributed by atoms with Gasteiger partial charge in [0.15, 0.2) is 0 Å². The second kappa shape index (κ2) is 4.66. The highest BCUT2D eigenvalue weighted by atomic mass is 16.3. The molecule has 2 aromatic heterocycles. The number of benzene rings is 1. The van der Waals surface area contributed by atoms with E-state index in [0.717, 1.165) is 35.2 Å². The minimum Gasteiger partial charge on any atom is -0.464 e. The SMILES string of the molecule is NCCCn1cnc(-c2coc3ccccc23)c1. The molecule has 0 saturated carbocycles. The second-order valence-electron chi connectivity index (χ2n) is 4.28. The topological polar surface area (TPSA) is 57.0 Å². The molecule has 0 amide bonds. The highest BCUT2D eigenvalue weighted by Gasteiger charge is 2.09. The van der Waals surface area contributed by atoms with E-state index in [0.29, 0.717) is 6.54 Å². The van der Waals surface area contributed by atoms with Gasteiger partial charge in [0, 0.05) is 23.7 Å². The maximum Gasteiger partial charge on any atom is 0.134 e. The largest absolute Gasteiger partial charge is 0.464 e. The van der Waals surface area contributed by atoms with Crippen molar-refractivity contribution in [2.75, 3.05) is 6.54 Å². The molecule has 0 aliphatic heterocycles. The van der Waals surface area contributed by atoms with Crippen molar-refractivity contribution in [3.63, 3.8) is 0 Å². The van der Waals surface area contributed by atoms with E-state index in [-0.39, 0.29) is 0 Å². The molecule has 4 heteroatoms. The fourth-order valence-corrected chi connectivity index (χ4v) is 2.07. The number of hydrogen-bond acceptors (Lipinski definition) is 3. The van der Waals surface area contributed by atoms with Gasteiger partial charge in [-0.3, -0.25) is 0 Å². The zero-order chi connectivity index (χ0) is 12.4. The van der Waals surface area contributed by atoms with Crippen LogP contribution in [-0.2, 0) is 6.54 Å². The van der Waals surface area contributed by atoms with Crippen molar-refractivity contribution < 1.29 is 4.42 Å². The highest BCUT2D eigenvalue weighted by Crippen LogP contribution is 2.28. The molecular formula is C14H15N3O. The fraction of sp³-hybridized carbons (Fsp3) is 0.214. The number of rotatable bonds is 4. The van der Waals surface area contributed by atoms with Crippen molar-refractivity contribution >= 4 is 11.0 Å². The molecular weight excluding hydrogens is 226 g/mol.